The molecule has 0 bridgehead atoms. The van der Waals surface area contributed by atoms with E-state index in [1.54, 1.807) is 4.68 Å². The van der Waals surface area contributed by atoms with Crippen LogP contribution in [0.1, 0.15) is 19.0 Å². The summed E-state index contributed by atoms with van der Waals surface area (Å²) in [6, 6.07) is 1.59. The molecule has 1 aliphatic rings. The van der Waals surface area contributed by atoms with E-state index >= 15 is 0 Å². The van der Waals surface area contributed by atoms with Crippen LogP contribution < -0.4 is 5.32 Å². The fourth-order valence-electron chi connectivity index (χ4n) is 2.15. The number of aromatic nitrogens is 2. The molecule has 2 heterocycles. The molecule has 0 spiro atoms. The molecule has 1 fully saturated rings. The van der Waals surface area contributed by atoms with Crippen LogP contribution in [0.25, 0.3) is 0 Å². The lowest BCUT2D eigenvalue weighted by molar-refractivity contribution is -0.138. The normalized spacial score (nSPS) is 19.9. The van der Waals surface area contributed by atoms with Crippen LogP contribution in [0.4, 0.5) is 0 Å². The van der Waals surface area contributed by atoms with Crippen LogP contribution >= 0.6 is 0 Å². The van der Waals surface area contributed by atoms with Crippen LogP contribution in [0.2, 0.25) is 0 Å². The van der Waals surface area contributed by atoms with Gasteiger partial charge in [0.2, 0.25) is 11.8 Å². The standard InChI is InChI=1S/C12H18N4O2/c1-3-16-11(17)8-10(12(16)18)13-6-4-9-5-7-15(2)14-9/h5,7,10,13H,3-4,6,8H2,1-2H3. The van der Waals surface area contributed by atoms with E-state index in [4.69, 9.17) is 0 Å². The van der Waals surface area contributed by atoms with Crippen LogP contribution in [0.3, 0.4) is 0 Å². The molecule has 1 aromatic heterocycles. The smallest absolute Gasteiger partial charge is 0.246 e. The Kier molecular flexibility index (Phi) is 3.76. The third kappa shape index (κ3) is 2.59. The van der Waals surface area contributed by atoms with E-state index in [0.29, 0.717) is 13.1 Å². The van der Waals surface area contributed by atoms with E-state index in [0.717, 1.165) is 12.1 Å². The second-order valence-electron chi connectivity index (χ2n) is 4.42. The van der Waals surface area contributed by atoms with Crippen molar-refractivity contribution < 1.29 is 9.59 Å². The number of nitrogens with one attached hydrogen (secondary N) is 1. The number of hydrogen-bond acceptors (Lipinski definition) is 4. The van der Waals surface area contributed by atoms with Gasteiger partial charge in [-0.05, 0) is 13.0 Å². The van der Waals surface area contributed by atoms with Gasteiger partial charge in [0.15, 0.2) is 0 Å². The maximum atomic E-state index is 11.8. The minimum atomic E-state index is -0.360. The van der Waals surface area contributed by atoms with Crippen molar-refractivity contribution in [2.75, 3.05) is 13.1 Å². The molecule has 0 radical (unpaired) electrons. The fourth-order valence-corrected chi connectivity index (χ4v) is 2.15. The van der Waals surface area contributed by atoms with Crippen LogP contribution in [-0.4, -0.2) is 45.6 Å². The van der Waals surface area contributed by atoms with Crippen molar-refractivity contribution in [2.24, 2.45) is 7.05 Å². The Morgan fingerprint density at radius 1 is 1.50 bits per heavy atom. The van der Waals surface area contributed by atoms with Crippen molar-refractivity contribution in [3.63, 3.8) is 0 Å². The second kappa shape index (κ2) is 5.30. The first-order valence-corrected chi connectivity index (χ1v) is 6.18. The summed E-state index contributed by atoms with van der Waals surface area (Å²) in [5.74, 6) is -0.193. The number of aryl methyl sites for hydroxylation is 1. The largest absolute Gasteiger partial charge is 0.305 e. The van der Waals surface area contributed by atoms with Gasteiger partial charge in [-0.15, -0.1) is 0 Å². The monoisotopic (exact) mass is 250 g/mol. The van der Waals surface area contributed by atoms with Gasteiger partial charge in [-0.2, -0.15) is 5.10 Å². The van der Waals surface area contributed by atoms with Gasteiger partial charge in [0.25, 0.3) is 0 Å². The molecule has 2 rings (SSSR count). The number of amides is 2. The van der Waals surface area contributed by atoms with Crippen molar-refractivity contribution in [3.8, 4) is 0 Å². The molecule has 1 saturated heterocycles. The molecule has 0 aromatic carbocycles. The van der Waals surface area contributed by atoms with Crippen LogP contribution in [0.5, 0.6) is 0 Å². The Labute approximate surface area is 106 Å². The van der Waals surface area contributed by atoms with Crippen LogP contribution in [0.15, 0.2) is 12.3 Å². The zero-order valence-corrected chi connectivity index (χ0v) is 10.7. The zero-order chi connectivity index (χ0) is 13.1. The average Bonchev–Trinajstić information content (AvgIpc) is 2.85. The van der Waals surface area contributed by atoms with Crippen molar-refractivity contribution >= 4 is 11.8 Å². The van der Waals surface area contributed by atoms with Gasteiger partial charge in [-0.1, -0.05) is 0 Å². The zero-order valence-electron chi connectivity index (χ0n) is 10.7. The Balaban J connectivity index is 1.81. The summed E-state index contributed by atoms with van der Waals surface area (Å²) in [6.45, 7) is 2.92. The first-order valence-electron chi connectivity index (χ1n) is 6.18. The number of imide groups is 1. The highest BCUT2D eigenvalue weighted by Crippen LogP contribution is 2.12. The fraction of sp³-hybridized carbons (Fsp3) is 0.583. The molecule has 1 atom stereocenters. The number of carbonyl (C=O) groups is 2. The Bertz CT molecular complexity index is 455. The topological polar surface area (TPSA) is 67.2 Å². The minimum absolute atomic E-state index is 0.0853. The summed E-state index contributed by atoms with van der Waals surface area (Å²) in [5.41, 5.74) is 0.981. The molecule has 1 N–H and O–H groups in total. The van der Waals surface area contributed by atoms with Crippen molar-refractivity contribution in [1.29, 1.82) is 0 Å². The van der Waals surface area contributed by atoms with Crippen LogP contribution in [0, 0.1) is 0 Å². The van der Waals surface area contributed by atoms with E-state index in [1.165, 1.54) is 4.90 Å². The van der Waals surface area contributed by atoms with E-state index in [1.807, 2.05) is 26.2 Å². The molecular formula is C12H18N4O2. The highest BCUT2D eigenvalue weighted by molar-refractivity contribution is 6.05. The van der Waals surface area contributed by atoms with E-state index in [9.17, 15) is 9.59 Å². The predicted octanol–water partition coefficient (Wildman–Crippen LogP) is -0.300. The van der Waals surface area contributed by atoms with Gasteiger partial charge < -0.3 is 5.32 Å². The summed E-state index contributed by atoms with van der Waals surface area (Å²) in [7, 11) is 1.87. The number of likely N-dealkylation sites (tertiary alicyclic amines) is 1. The Morgan fingerprint density at radius 3 is 2.83 bits per heavy atom. The third-order valence-corrected chi connectivity index (χ3v) is 3.10. The molecule has 6 heteroatoms. The molecule has 6 nitrogen and oxygen atoms in total. The predicted molar refractivity (Wildman–Crippen MR) is 65.7 cm³/mol. The van der Waals surface area contributed by atoms with E-state index in [-0.39, 0.29) is 24.3 Å². The molecule has 0 aliphatic carbocycles. The summed E-state index contributed by atoms with van der Waals surface area (Å²) in [5, 5.41) is 7.38. The number of nitrogens with zero attached hydrogens (tertiary/aromatic N) is 3. The molecular weight excluding hydrogens is 232 g/mol. The second-order valence-corrected chi connectivity index (χ2v) is 4.42. The number of rotatable bonds is 5. The number of hydrogen-bond donors (Lipinski definition) is 1. The number of carbonyl (C=O) groups excluding carboxylic acids is 2. The summed E-state index contributed by atoms with van der Waals surface area (Å²) < 4.78 is 1.75. The van der Waals surface area contributed by atoms with E-state index < -0.39 is 0 Å². The lowest BCUT2D eigenvalue weighted by Gasteiger charge is -2.12. The van der Waals surface area contributed by atoms with Crippen molar-refractivity contribution in [1.82, 2.24) is 20.0 Å². The first-order chi connectivity index (χ1) is 8.61. The van der Waals surface area contributed by atoms with Gasteiger partial charge in [-0.25, -0.2) is 0 Å². The average molecular weight is 250 g/mol. The summed E-state index contributed by atoms with van der Waals surface area (Å²) >= 11 is 0. The maximum Gasteiger partial charge on any atom is 0.246 e. The molecule has 1 unspecified atom stereocenters. The molecule has 1 aromatic rings. The van der Waals surface area contributed by atoms with Gasteiger partial charge in [-0.3, -0.25) is 19.2 Å². The van der Waals surface area contributed by atoms with Crippen molar-refractivity contribution in [2.45, 2.75) is 25.8 Å². The molecule has 18 heavy (non-hydrogen) atoms. The number of likely N-dealkylation sites (N-methyl/N-ethyl adjacent to an activating group) is 1. The van der Waals surface area contributed by atoms with Gasteiger partial charge in [0, 0.05) is 32.8 Å². The quantitative estimate of drug-likeness (QED) is 0.729. The van der Waals surface area contributed by atoms with E-state index in [2.05, 4.69) is 10.4 Å². The summed E-state index contributed by atoms with van der Waals surface area (Å²) in [6.07, 6.45) is 2.91. The maximum absolute atomic E-state index is 11.8. The highest BCUT2D eigenvalue weighted by Gasteiger charge is 2.36. The van der Waals surface area contributed by atoms with Crippen LogP contribution in [-0.2, 0) is 23.1 Å². The minimum Gasteiger partial charge on any atom is -0.305 e. The van der Waals surface area contributed by atoms with Gasteiger partial charge in [0.1, 0.15) is 0 Å². The Hall–Kier alpha value is -1.69. The van der Waals surface area contributed by atoms with Crippen molar-refractivity contribution in [3.05, 3.63) is 18.0 Å². The highest BCUT2D eigenvalue weighted by atomic mass is 16.2. The first kappa shape index (κ1) is 12.8. The Morgan fingerprint density at radius 2 is 2.28 bits per heavy atom. The molecule has 0 saturated carbocycles. The lowest BCUT2D eigenvalue weighted by atomic mass is 10.2. The van der Waals surface area contributed by atoms with Gasteiger partial charge in [0.05, 0.1) is 18.2 Å². The SMILES string of the molecule is CCN1C(=O)CC(NCCc2ccn(C)n2)C1=O. The summed E-state index contributed by atoms with van der Waals surface area (Å²) in [4.78, 5) is 24.6. The third-order valence-electron chi connectivity index (χ3n) is 3.10. The lowest BCUT2D eigenvalue weighted by Crippen LogP contribution is -2.39. The van der Waals surface area contributed by atoms with Gasteiger partial charge >= 0.3 is 0 Å². The molecule has 98 valence electrons. The molecule has 1 aliphatic heterocycles. The molecule has 2 amide bonds.